The molecule has 3 amide bonds. The van der Waals surface area contributed by atoms with Crippen LogP contribution in [-0.4, -0.2) is 36.2 Å². The normalized spacial score (nSPS) is 10.3. The highest BCUT2D eigenvalue weighted by Gasteiger charge is 2.16. The van der Waals surface area contributed by atoms with E-state index in [0.717, 1.165) is 6.42 Å². The molecule has 0 radical (unpaired) electrons. The molecule has 0 heterocycles. The zero-order valence-electron chi connectivity index (χ0n) is 12.9. The minimum Gasteiger partial charge on any atom is -0.507 e. The van der Waals surface area contributed by atoms with Gasteiger partial charge in [-0.15, -0.1) is 0 Å². The van der Waals surface area contributed by atoms with Crippen LogP contribution in [0.2, 0.25) is 0 Å². The van der Waals surface area contributed by atoms with Crippen LogP contribution in [0.3, 0.4) is 0 Å². The van der Waals surface area contributed by atoms with E-state index < -0.39 is 24.5 Å². The number of halogens is 1. The zero-order valence-corrected chi connectivity index (χ0v) is 14.5. The Balaban J connectivity index is 2.39. The fraction of sp³-hybridized carbons (Fsp3) is 0.400. The fourth-order valence-electron chi connectivity index (χ4n) is 1.56. The van der Waals surface area contributed by atoms with Crippen LogP contribution in [0.1, 0.15) is 30.6 Å². The van der Waals surface area contributed by atoms with Gasteiger partial charge in [0.25, 0.3) is 5.91 Å². The van der Waals surface area contributed by atoms with E-state index in [1.807, 2.05) is 19.2 Å². The van der Waals surface area contributed by atoms with Gasteiger partial charge >= 0.3 is 12.0 Å². The Morgan fingerprint density at radius 3 is 2.65 bits per heavy atom. The molecule has 0 spiro atoms. The smallest absolute Gasteiger partial charge is 0.342 e. The van der Waals surface area contributed by atoms with Gasteiger partial charge in [-0.25, -0.2) is 9.59 Å². The number of amides is 3. The number of phenolic OH excluding ortho intramolecular Hbond substituents is 1. The number of phenols is 1. The number of esters is 1. The van der Waals surface area contributed by atoms with Crippen molar-refractivity contribution < 1.29 is 24.2 Å². The molecule has 7 nitrogen and oxygen atoms in total. The highest BCUT2D eigenvalue weighted by molar-refractivity contribution is 9.10. The lowest BCUT2D eigenvalue weighted by Gasteiger charge is -2.09. The van der Waals surface area contributed by atoms with Crippen LogP contribution in [0.5, 0.6) is 5.75 Å². The molecule has 0 saturated carbocycles. The second-order valence-electron chi connectivity index (χ2n) is 5.22. The summed E-state index contributed by atoms with van der Waals surface area (Å²) < 4.78 is 5.34. The van der Waals surface area contributed by atoms with E-state index in [-0.39, 0.29) is 11.3 Å². The Labute approximate surface area is 142 Å². The largest absolute Gasteiger partial charge is 0.507 e. The first-order valence-corrected chi connectivity index (χ1v) is 7.82. The van der Waals surface area contributed by atoms with Gasteiger partial charge < -0.3 is 15.2 Å². The van der Waals surface area contributed by atoms with Crippen molar-refractivity contribution in [3.63, 3.8) is 0 Å². The summed E-state index contributed by atoms with van der Waals surface area (Å²) in [6, 6.07) is 3.61. The standard InChI is InChI=1S/C15H19BrN2O5/c1-9(2)5-6-17-15(22)18-13(20)8-23-14(21)11-7-10(16)3-4-12(11)19/h3-4,7,9,19H,5-6,8H2,1-2H3,(H2,17,18,20,22). The monoisotopic (exact) mass is 386 g/mol. The van der Waals surface area contributed by atoms with Crippen molar-refractivity contribution in [3.05, 3.63) is 28.2 Å². The maximum Gasteiger partial charge on any atom is 0.342 e. The van der Waals surface area contributed by atoms with E-state index >= 15 is 0 Å². The second kappa shape index (κ2) is 9.14. The molecule has 0 aliphatic heterocycles. The third-order valence-electron chi connectivity index (χ3n) is 2.77. The van der Waals surface area contributed by atoms with E-state index in [1.165, 1.54) is 12.1 Å². The van der Waals surface area contributed by atoms with Gasteiger partial charge in [-0.05, 0) is 30.5 Å². The number of urea groups is 1. The molecule has 126 valence electrons. The van der Waals surface area contributed by atoms with Crippen LogP contribution in [0.25, 0.3) is 0 Å². The highest BCUT2D eigenvalue weighted by atomic mass is 79.9. The van der Waals surface area contributed by atoms with Crippen molar-refractivity contribution in [1.29, 1.82) is 0 Å². The lowest BCUT2D eigenvalue weighted by Crippen LogP contribution is -2.41. The lowest BCUT2D eigenvalue weighted by atomic mass is 10.1. The first-order chi connectivity index (χ1) is 10.8. The topological polar surface area (TPSA) is 105 Å². The van der Waals surface area contributed by atoms with E-state index in [2.05, 4.69) is 21.2 Å². The predicted molar refractivity (Wildman–Crippen MR) is 87.1 cm³/mol. The molecule has 0 fully saturated rings. The van der Waals surface area contributed by atoms with E-state index in [9.17, 15) is 19.5 Å². The number of hydrogen-bond acceptors (Lipinski definition) is 5. The van der Waals surface area contributed by atoms with Crippen LogP contribution in [-0.2, 0) is 9.53 Å². The van der Waals surface area contributed by atoms with Crippen molar-refractivity contribution in [3.8, 4) is 5.75 Å². The number of aromatic hydroxyl groups is 1. The number of hydrogen-bond donors (Lipinski definition) is 3. The average molecular weight is 387 g/mol. The molecule has 3 N–H and O–H groups in total. The minimum atomic E-state index is -0.862. The molecular weight excluding hydrogens is 368 g/mol. The number of benzene rings is 1. The summed E-state index contributed by atoms with van der Waals surface area (Å²) in [7, 11) is 0. The lowest BCUT2D eigenvalue weighted by molar-refractivity contribution is -0.123. The fourth-order valence-corrected chi connectivity index (χ4v) is 1.92. The summed E-state index contributed by atoms with van der Waals surface area (Å²) in [4.78, 5) is 34.7. The number of carbonyl (C=O) groups excluding carboxylic acids is 3. The van der Waals surface area contributed by atoms with Crippen molar-refractivity contribution in [2.75, 3.05) is 13.2 Å². The van der Waals surface area contributed by atoms with Crippen molar-refractivity contribution >= 4 is 33.8 Å². The Morgan fingerprint density at radius 1 is 1.30 bits per heavy atom. The van der Waals surface area contributed by atoms with Gasteiger partial charge in [-0.1, -0.05) is 29.8 Å². The second-order valence-corrected chi connectivity index (χ2v) is 6.14. The molecule has 1 aromatic rings. The van der Waals surface area contributed by atoms with Gasteiger partial charge in [0, 0.05) is 11.0 Å². The summed E-state index contributed by atoms with van der Waals surface area (Å²) >= 11 is 3.16. The number of carbonyl (C=O) groups is 3. The van der Waals surface area contributed by atoms with Gasteiger partial charge in [-0.2, -0.15) is 0 Å². The number of rotatable bonds is 6. The van der Waals surface area contributed by atoms with Crippen molar-refractivity contribution in [2.45, 2.75) is 20.3 Å². The molecule has 0 bridgehead atoms. The summed E-state index contributed by atoms with van der Waals surface area (Å²) in [5.41, 5.74) is -0.0754. The summed E-state index contributed by atoms with van der Waals surface area (Å²) in [6.45, 7) is 3.86. The molecule has 0 atom stereocenters. The van der Waals surface area contributed by atoms with Crippen LogP contribution >= 0.6 is 15.9 Å². The van der Waals surface area contributed by atoms with E-state index in [4.69, 9.17) is 4.74 Å². The molecule has 0 aromatic heterocycles. The molecule has 23 heavy (non-hydrogen) atoms. The minimum absolute atomic E-state index is 0.0754. The molecule has 8 heteroatoms. The summed E-state index contributed by atoms with van der Waals surface area (Å²) in [6.07, 6.45) is 0.790. The zero-order chi connectivity index (χ0) is 17.4. The SMILES string of the molecule is CC(C)CCNC(=O)NC(=O)COC(=O)c1cc(Br)ccc1O. The van der Waals surface area contributed by atoms with Crippen LogP contribution in [0.4, 0.5) is 4.79 Å². The summed E-state index contributed by atoms with van der Waals surface area (Å²) in [5, 5.41) is 14.1. The molecular formula is C15H19BrN2O5. The van der Waals surface area contributed by atoms with Crippen molar-refractivity contribution in [1.82, 2.24) is 10.6 Å². The summed E-state index contributed by atoms with van der Waals surface area (Å²) in [5.74, 6) is -1.44. The van der Waals surface area contributed by atoms with Gasteiger partial charge in [0.15, 0.2) is 6.61 Å². The highest BCUT2D eigenvalue weighted by Crippen LogP contribution is 2.22. The molecule has 0 unspecified atom stereocenters. The van der Waals surface area contributed by atoms with Gasteiger partial charge in [0.2, 0.25) is 0 Å². The van der Waals surface area contributed by atoms with Gasteiger partial charge in [-0.3, -0.25) is 10.1 Å². The van der Waals surface area contributed by atoms with Gasteiger partial charge in [0.05, 0.1) is 0 Å². The van der Waals surface area contributed by atoms with Gasteiger partial charge in [0.1, 0.15) is 11.3 Å². The third-order valence-corrected chi connectivity index (χ3v) is 3.27. The molecule has 0 aliphatic rings. The number of ether oxygens (including phenoxy) is 1. The molecule has 0 aliphatic carbocycles. The first kappa shape index (κ1) is 19.0. The number of nitrogens with one attached hydrogen (secondary N) is 2. The Hall–Kier alpha value is -2.09. The van der Waals surface area contributed by atoms with E-state index in [1.54, 1.807) is 6.07 Å². The molecule has 1 aromatic carbocycles. The quantitative estimate of drug-likeness (QED) is 0.649. The van der Waals surface area contributed by atoms with Crippen LogP contribution in [0, 0.1) is 5.92 Å². The molecule has 0 saturated heterocycles. The maximum atomic E-state index is 11.8. The van der Waals surface area contributed by atoms with E-state index in [0.29, 0.717) is 16.9 Å². The van der Waals surface area contributed by atoms with Crippen molar-refractivity contribution in [2.24, 2.45) is 5.92 Å². The maximum absolute atomic E-state index is 11.8. The molecule has 1 rings (SSSR count). The Morgan fingerprint density at radius 2 is 2.00 bits per heavy atom. The predicted octanol–water partition coefficient (Wildman–Crippen LogP) is 2.18. The Kier molecular flexibility index (Phi) is 7.53. The first-order valence-electron chi connectivity index (χ1n) is 7.03. The average Bonchev–Trinajstić information content (AvgIpc) is 2.46. The van der Waals surface area contributed by atoms with Crippen LogP contribution in [0.15, 0.2) is 22.7 Å². The Bertz CT molecular complexity index is 589. The van der Waals surface area contributed by atoms with Crippen LogP contribution < -0.4 is 10.6 Å². The third kappa shape index (κ3) is 7.14. The number of imide groups is 1.